The number of para-hydroxylation sites is 1. The van der Waals surface area contributed by atoms with Crippen molar-refractivity contribution in [2.75, 3.05) is 0 Å². The highest BCUT2D eigenvalue weighted by Crippen LogP contribution is 2.24. The van der Waals surface area contributed by atoms with Gasteiger partial charge in [-0.3, -0.25) is 9.59 Å². The van der Waals surface area contributed by atoms with Crippen LogP contribution in [0.3, 0.4) is 0 Å². The average Bonchev–Trinajstić information content (AvgIpc) is 2.99. The van der Waals surface area contributed by atoms with Gasteiger partial charge in [0.25, 0.3) is 15.9 Å². The van der Waals surface area contributed by atoms with Crippen molar-refractivity contribution in [2.24, 2.45) is 5.92 Å². The van der Waals surface area contributed by atoms with E-state index in [0.29, 0.717) is 23.3 Å². The maximum Gasteiger partial charge on any atom is 0.264 e. The molecule has 9 heteroatoms. The van der Waals surface area contributed by atoms with Crippen LogP contribution >= 0.6 is 0 Å². The Morgan fingerprint density at radius 2 is 1.61 bits per heavy atom. The van der Waals surface area contributed by atoms with Gasteiger partial charge in [0, 0.05) is 12.0 Å². The summed E-state index contributed by atoms with van der Waals surface area (Å²) in [7, 11) is -4.04. The van der Waals surface area contributed by atoms with Crippen LogP contribution in [0.1, 0.15) is 65.3 Å². The molecule has 0 saturated carbocycles. The zero-order valence-electron chi connectivity index (χ0n) is 25.0. The summed E-state index contributed by atoms with van der Waals surface area (Å²) < 4.78 is 47.1. The van der Waals surface area contributed by atoms with Gasteiger partial charge in [-0.25, -0.2) is 17.5 Å². The number of halogens is 1. The Morgan fingerprint density at radius 1 is 0.886 bits per heavy atom. The first kappa shape index (κ1) is 32.4. The quantitative estimate of drug-likeness (QED) is 0.175. The van der Waals surface area contributed by atoms with E-state index in [1.807, 2.05) is 50.2 Å². The lowest BCUT2D eigenvalue weighted by atomic mass is 9.95. The molecule has 4 aromatic rings. The fraction of sp³-hybridized carbons (Fsp3) is 0.257. The molecular weight excluding hydrogens is 579 g/mol. The first-order valence-electron chi connectivity index (χ1n) is 14.5. The van der Waals surface area contributed by atoms with Crippen molar-refractivity contribution < 1.29 is 27.1 Å². The largest absolute Gasteiger partial charge is 0.489 e. The Kier molecular flexibility index (Phi) is 10.9. The number of carbonyl (C=O) groups excluding carboxylic acids is 2. The van der Waals surface area contributed by atoms with Crippen LogP contribution in [0.2, 0.25) is 0 Å². The van der Waals surface area contributed by atoms with E-state index in [0.717, 1.165) is 16.7 Å². The summed E-state index contributed by atoms with van der Waals surface area (Å²) in [6, 6.07) is 26.6. The van der Waals surface area contributed by atoms with Gasteiger partial charge in [-0.15, -0.1) is 0 Å². The number of hydrogen-bond donors (Lipinski definition) is 2. The monoisotopic (exact) mass is 616 g/mol. The molecule has 0 aliphatic carbocycles. The molecule has 0 aliphatic rings. The summed E-state index contributed by atoms with van der Waals surface area (Å²) in [4.78, 5) is 26.6. The normalized spacial score (nSPS) is 12.0. The molecule has 4 aromatic carbocycles. The van der Waals surface area contributed by atoms with Crippen LogP contribution < -0.4 is 14.8 Å². The van der Waals surface area contributed by atoms with E-state index in [2.05, 4.69) is 10.0 Å². The maximum absolute atomic E-state index is 13.8. The highest BCUT2D eigenvalue weighted by atomic mass is 32.2. The highest BCUT2D eigenvalue weighted by Gasteiger charge is 2.22. The molecule has 230 valence electrons. The number of aryl methyl sites for hydroxylation is 2. The molecular formula is C35H37FN2O5S. The fourth-order valence-electron chi connectivity index (χ4n) is 4.80. The summed E-state index contributed by atoms with van der Waals surface area (Å²) in [6.45, 7) is 6.06. The number of nitrogens with one attached hydrogen (secondary N) is 2. The number of amides is 2. The van der Waals surface area contributed by atoms with E-state index < -0.39 is 15.9 Å². The van der Waals surface area contributed by atoms with Gasteiger partial charge in [-0.1, -0.05) is 68.4 Å². The van der Waals surface area contributed by atoms with Gasteiger partial charge >= 0.3 is 0 Å². The summed E-state index contributed by atoms with van der Waals surface area (Å²) >= 11 is 0. The number of ether oxygens (including phenoxy) is 1. The van der Waals surface area contributed by atoms with Crippen molar-refractivity contribution >= 4 is 21.8 Å². The Labute approximate surface area is 258 Å². The molecule has 0 heterocycles. The van der Waals surface area contributed by atoms with Gasteiger partial charge in [0.2, 0.25) is 5.91 Å². The third kappa shape index (κ3) is 9.25. The Hall–Kier alpha value is -4.50. The second-order valence-electron chi connectivity index (χ2n) is 11.1. The van der Waals surface area contributed by atoms with Crippen LogP contribution in [-0.2, 0) is 27.8 Å². The number of rotatable bonds is 13. The SMILES string of the molecule is Cc1cccc(S(=O)(=O)NC(=O)CCc2ccc(COc3ccccc3)cc2C(=O)NC(CC(C)C)c2ccc(F)cc2)c1. The third-order valence-corrected chi connectivity index (χ3v) is 8.39. The molecule has 0 aliphatic heterocycles. The van der Waals surface area contributed by atoms with E-state index in [9.17, 15) is 22.4 Å². The van der Waals surface area contributed by atoms with Crippen molar-refractivity contribution in [3.05, 3.63) is 131 Å². The van der Waals surface area contributed by atoms with Gasteiger partial charge in [-0.2, -0.15) is 0 Å². The lowest BCUT2D eigenvalue weighted by Crippen LogP contribution is -2.32. The minimum absolute atomic E-state index is 0.00525. The van der Waals surface area contributed by atoms with Gasteiger partial charge in [0.05, 0.1) is 10.9 Å². The lowest BCUT2D eigenvalue weighted by Gasteiger charge is -2.22. The summed E-state index contributed by atoms with van der Waals surface area (Å²) in [6.07, 6.45) is 0.602. The minimum atomic E-state index is -4.04. The summed E-state index contributed by atoms with van der Waals surface area (Å²) in [5.41, 5.74) is 3.21. The first-order valence-corrected chi connectivity index (χ1v) is 16.0. The second-order valence-corrected chi connectivity index (χ2v) is 12.8. The van der Waals surface area contributed by atoms with Gasteiger partial charge in [-0.05, 0) is 90.4 Å². The molecule has 0 aromatic heterocycles. The van der Waals surface area contributed by atoms with E-state index in [1.54, 1.807) is 43.3 Å². The van der Waals surface area contributed by atoms with Crippen LogP contribution in [0.4, 0.5) is 4.39 Å². The van der Waals surface area contributed by atoms with Crippen LogP contribution in [0.25, 0.3) is 0 Å². The molecule has 4 rings (SSSR count). The van der Waals surface area contributed by atoms with Gasteiger partial charge in [0.15, 0.2) is 0 Å². The van der Waals surface area contributed by atoms with Crippen molar-refractivity contribution in [3.8, 4) is 5.75 Å². The predicted molar refractivity (Wildman–Crippen MR) is 168 cm³/mol. The zero-order chi connectivity index (χ0) is 31.7. The Balaban J connectivity index is 1.55. The fourth-order valence-corrected chi connectivity index (χ4v) is 5.92. The van der Waals surface area contributed by atoms with Crippen LogP contribution in [-0.4, -0.2) is 20.2 Å². The lowest BCUT2D eigenvalue weighted by molar-refractivity contribution is -0.119. The highest BCUT2D eigenvalue weighted by molar-refractivity contribution is 7.90. The summed E-state index contributed by atoms with van der Waals surface area (Å²) in [5, 5.41) is 3.10. The second kappa shape index (κ2) is 14.8. The molecule has 0 fully saturated rings. The topological polar surface area (TPSA) is 102 Å². The van der Waals surface area contributed by atoms with E-state index in [-0.39, 0.29) is 48.0 Å². The molecule has 0 spiro atoms. The third-order valence-electron chi connectivity index (χ3n) is 7.02. The molecule has 44 heavy (non-hydrogen) atoms. The molecule has 7 nitrogen and oxygen atoms in total. The molecule has 0 saturated heterocycles. The van der Waals surface area contributed by atoms with E-state index in [4.69, 9.17) is 4.74 Å². The van der Waals surface area contributed by atoms with E-state index >= 15 is 0 Å². The first-order chi connectivity index (χ1) is 21.0. The van der Waals surface area contributed by atoms with Crippen LogP contribution in [0.5, 0.6) is 5.75 Å². The smallest absolute Gasteiger partial charge is 0.264 e. The van der Waals surface area contributed by atoms with Crippen LogP contribution in [0.15, 0.2) is 102 Å². The summed E-state index contributed by atoms with van der Waals surface area (Å²) in [5.74, 6) is -0.473. The number of sulfonamides is 1. The minimum Gasteiger partial charge on any atom is -0.489 e. The number of carbonyl (C=O) groups is 2. The molecule has 2 N–H and O–H groups in total. The van der Waals surface area contributed by atoms with Gasteiger partial charge in [0.1, 0.15) is 18.2 Å². The van der Waals surface area contributed by atoms with Crippen molar-refractivity contribution in [1.82, 2.24) is 10.0 Å². The molecule has 0 radical (unpaired) electrons. The van der Waals surface area contributed by atoms with Crippen molar-refractivity contribution in [3.63, 3.8) is 0 Å². The zero-order valence-corrected chi connectivity index (χ0v) is 25.9. The molecule has 0 bridgehead atoms. The van der Waals surface area contributed by atoms with Crippen molar-refractivity contribution in [1.29, 1.82) is 0 Å². The predicted octanol–water partition coefficient (Wildman–Crippen LogP) is 6.67. The van der Waals surface area contributed by atoms with E-state index in [1.165, 1.54) is 24.3 Å². The van der Waals surface area contributed by atoms with Gasteiger partial charge < -0.3 is 10.1 Å². The number of hydrogen-bond acceptors (Lipinski definition) is 5. The Bertz CT molecular complexity index is 1690. The molecule has 1 unspecified atom stereocenters. The number of benzene rings is 4. The standard InChI is InChI=1S/C35H37FN2O5S/c1-24(2)20-33(28-14-17-29(36)18-15-28)37-35(40)32-22-26(23-43-30-9-5-4-6-10-30)12-13-27(32)16-19-34(39)38-44(41,42)31-11-7-8-25(3)21-31/h4-15,17-18,21-22,24,33H,16,19-20,23H2,1-3H3,(H,37,40)(H,38,39). The van der Waals surface area contributed by atoms with Crippen LogP contribution in [0, 0.1) is 18.7 Å². The average molecular weight is 617 g/mol. The maximum atomic E-state index is 13.8. The Morgan fingerprint density at radius 3 is 2.30 bits per heavy atom. The molecule has 1 atom stereocenters. The molecule has 2 amide bonds. The van der Waals surface area contributed by atoms with Crippen molar-refractivity contribution in [2.45, 2.75) is 57.6 Å².